The lowest BCUT2D eigenvalue weighted by atomic mass is 9.95. The van der Waals surface area contributed by atoms with E-state index in [9.17, 15) is 9.59 Å². The molecule has 0 N–H and O–H groups in total. The number of ether oxygens (including phenoxy) is 5. The van der Waals surface area contributed by atoms with Crippen molar-refractivity contribution in [1.82, 2.24) is 4.57 Å². The molecule has 1 atom stereocenters. The van der Waals surface area contributed by atoms with Gasteiger partial charge in [0, 0.05) is 5.56 Å². The van der Waals surface area contributed by atoms with Gasteiger partial charge in [-0.2, -0.15) is 0 Å². The van der Waals surface area contributed by atoms with E-state index >= 15 is 0 Å². The van der Waals surface area contributed by atoms with Crippen molar-refractivity contribution in [2.24, 2.45) is 4.99 Å². The highest BCUT2D eigenvalue weighted by atomic mass is 32.1. The zero-order valence-electron chi connectivity index (χ0n) is 23.8. The van der Waals surface area contributed by atoms with Crippen molar-refractivity contribution in [2.45, 2.75) is 46.8 Å². The second kappa shape index (κ2) is 12.4. The van der Waals surface area contributed by atoms with Gasteiger partial charge in [0.2, 0.25) is 0 Å². The highest BCUT2D eigenvalue weighted by Crippen LogP contribution is 2.37. The van der Waals surface area contributed by atoms with Gasteiger partial charge in [-0.3, -0.25) is 9.36 Å². The van der Waals surface area contributed by atoms with Crippen molar-refractivity contribution in [1.29, 1.82) is 0 Å². The number of fused-ring (bicyclic) bond motifs is 1. The average Bonchev–Trinajstić information content (AvgIpc) is 3.23. The number of aromatic nitrogens is 1. The molecule has 3 aromatic rings. The first kappa shape index (κ1) is 28.9. The molecule has 0 saturated carbocycles. The number of rotatable bonds is 10. The molecule has 40 heavy (non-hydrogen) atoms. The quantitative estimate of drug-likeness (QED) is 0.342. The van der Waals surface area contributed by atoms with E-state index in [-0.39, 0.29) is 23.8 Å². The molecule has 2 heterocycles. The molecule has 1 aliphatic rings. The number of benzene rings is 2. The third-order valence-corrected chi connectivity index (χ3v) is 7.17. The zero-order chi connectivity index (χ0) is 29.0. The summed E-state index contributed by atoms with van der Waals surface area (Å²) >= 11 is 1.24. The summed E-state index contributed by atoms with van der Waals surface area (Å²) in [5.74, 6) is 1.63. The summed E-state index contributed by atoms with van der Waals surface area (Å²) in [4.78, 5) is 32.3. The van der Waals surface area contributed by atoms with Gasteiger partial charge in [0.05, 0.1) is 55.4 Å². The molecule has 0 fully saturated rings. The Morgan fingerprint density at radius 3 is 2.48 bits per heavy atom. The van der Waals surface area contributed by atoms with Crippen LogP contribution in [0.1, 0.15) is 51.8 Å². The van der Waals surface area contributed by atoms with Crippen LogP contribution < -0.4 is 33.8 Å². The zero-order valence-corrected chi connectivity index (χ0v) is 24.6. The SMILES string of the molecule is CCOC(=O)C1=C(C)N=c2sc(=Cc3cccc(OC)c3OCC)c(=O)n2C1c1ccc(OC(C)C)c(OC)c1. The van der Waals surface area contributed by atoms with E-state index < -0.39 is 12.0 Å². The van der Waals surface area contributed by atoms with Crippen molar-refractivity contribution in [3.05, 3.63) is 78.5 Å². The van der Waals surface area contributed by atoms with Gasteiger partial charge in [-0.25, -0.2) is 9.79 Å². The van der Waals surface area contributed by atoms with E-state index in [4.69, 9.17) is 23.7 Å². The van der Waals surface area contributed by atoms with Crippen LogP contribution in [0.15, 0.2) is 57.5 Å². The van der Waals surface area contributed by atoms with Crippen molar-refractivity contribution in [2.75, 3.05) is 27.4 Å². The van der Waals surface area contributed by atoms with Crippen molar-refractivity contribution >= 4 is 23.4 Å². The number of allylic oxidation sites excluding steroid dienone is 1. The lowest BCUT2D eigenvalue weighted by Gasteiger charge is -2.25. The molecule has 4 rings (SSSR count). The minimum atomic E-state index is -0.781. The Balaban J connectivity index is 1.96. The first-order chi connectivity index (χ1) is 19.2. The summed E-state index contributed by atoms with van der Waals surface area (Å²) in [5, 5.41) is 0. The van der Waals surface area contributed by atoms with Crippen LogP contribution in [0.4, 0.5) is 0 Å². The minimum absolute atomic E-state index is 0.0622. The Morgan fingerprint density at radius 2 is 1.82 bits per heavy atom. The number of esters is 1. The molecule has 10 heteroatoms. The molecule has 2 aromatic carbocycles. The van der Waals surface area contributed by atoms with E-state index in [1.165, 1.54) is 15.9 Å². The van der Waals surface area contributed by atoms with Gasteiger partial charge in [0.25, 0.3) is 5.56 Å². The van der Waals surface area contributed by atoms with E-state index in [1.54, 1.807) is 52.3 Å². The van der Waals surface area contributed by atoms with Crippen LogP contribution in [0.3, 0.4) is 0 Å². The summed E-state index contributed by atoms with van der Waals surface area (Å²) in [6, 6.07) is 10.1. The molecule has 212 valence electrons. The first-order valence-corrected chi connectivity index (χ1v) is 13.9. The molecule has 0 amide bonds. The highest BCUT2D eigenvalue weighted by molar-refractivity contribution is 7.07. The van der Waals surface area contributed by atoms with Crippen LogP contribution in [0.5, 0.6) is 23.0 Å². The maximum atomic E-state index is 14.0. The summed E-state index contributed by atoms with van der Waals surface area (Å²) in [6.45, 7) is 9.85. The van der Waals surface area contributed by atoms with Crippen molar-refractivity contribution in [3.8, 4) is 23.0 Å². The van der Waals surface area contributed by atoms with Gasteiger partial charge in [-0.1, -0.05) is 29.5 Å². The van der Waals surface area contributed by atoms with Gasteiger partial charge in [0.15, 0.2) is 27.8 Å². The molecule has 0 radical (unpaired) electrons. The number of hydrogen-bond donors (Lipinski definition) is 0. The van der Waals surface area contributed by atoms with Crippen LogP contribution in [-0.4, -0.2) is 44.1 Å². The van der Waals surface area contributed by atoms with Gasteiger partial charge in [-0.15, -0.1) is 0 Å². The maximum absolute atomic E-state index is 14.0. The Morgan fingerprint density at radius 1 is 1.07 bits per heavy atom. The Bertz CT molecular complexity index is 1620. The van der Waals surface area contributed by atoms with E-state index in [2.05, 4.69) is 4.99 Å². The predicted octanol–water partition coefficient (Wildman–Crippen LogP) is 4.00. The third kappa shape index (κ3) is 5.62. The number of thiazole rings is 1. The van der Waals surface area contributed by atoms with Gasteiger partial charge < -0.3 is 23.7 Å². The molecule has 1 aromatic heterocycles. The fourth-order valence-corrected chi connectivity index (χ4v) is 5.60. The molecule has 0 spiro atoms. The lowest BCUT2D eigenvalue weighted by molar-refractivity contribution is -0.139. The molecule has 0 bridgehead atoms. The molecule has 0 saturated heterocycles. The van der Waals surface area contributed by atoms with E-state index in [0.717, 1.165) is 0 Å². The van der Waals surface area contributed by atoms with Crippen LogP contribution in [0, 0.1) is 0 Å². The van der Waals surface area contributed by atoms with Crippen LogP contribution in [0.25, 0.3) is 6.08 Å². The smallest absolute Gasteiger partial charge is 0.338 e. The Kier molecular flexibility index (Phi) is 8.99. The maximum Gasteiger partial charge on any atom is 0.338 e. The summed E-state index contributed by atoms with van der Waals surface area (Å²) in [5.41, 5.74) is 1.83. The number of methoxy groups -OCH3 is 2. The van der Waals surface area contributed by atoms with Crippen LogP contribution in [-0.2, 0) is 9.53 Å². The second-order valence-electron chi connectivity index (χ2n) is 9.19. The van der Waals surface area contributed by atoms with E-state index in [0.29, 0.717) is 55.8 Å². The number of carbonyl (C=O) groups excluding carboxylic acids is 1. The van der Waals surface area contributed by atoms with Crippen molar-refractivity contribution in [3.63, 3.8) is 0 Å². The standard InChI is InChI=1S/C30H34N2O7S/c1-8-37-27-20(11-10-12-22(27)35-6)16-24-28(33)32-26(19-13-14-21(39-17(3)4)23(15-19)36-7)25(29(34)38-9-2)18(5)31-30(32)40-24/h10-17,26H,8-9H2,1-7H3. The molecule has 1 unspecified atom stereocenters. The number of nitrogens with zero attached hydrogens (tertiary/aromatic N) is 2. The molecule has 0 aliphatic carbocycles. The molecular weight excluding hydrogens is 532 g/mol. The minimum Gasteiger partial charge on any atom is -0.493 e. The van der Waals surface area contributed by atoms with Gasteiger partial charge in [-0.05, 0) is 64.5 Å². The number of para-hydroxylation sites is 1. The van der Waals surface area contributed by atoms with Crippen molar-refractivity contribution < 1.29 is 28.5 Å². The third-order valence-electron chi connectivity index (χ3n) is 6.19. The molecule has 9 nitrogen and oxygen atoms in total. The normalized spacial score (nSPS) is 15.0. The monoisotopic (exact) mass is 566 g/mol. The Hall–Kier alpha value is -4.05. The molecule has 1 aliphatic heterocycles. The second-order valence-corrected chi connectivity index (χ2v) is 10.2. The van der Waals surface area contributed by atoms with Gasteiger partial charge >= 0.3 is 5.97 Å². The summed E-state index contributed by atoms with van der Waals surface area (Å²) in [6.07, 6.45) is 1.70. The fraction of sp³-hybridized carbons (Fsp3) is 0.367. The average molecular weight is 567 g/mol. The number of hydrogen-bond acceptors (Lipinski definition) is 9. The van der Waals surface area contributed by atoms with Crippen LogP contribution in [0.2, 0.25) is 0 Å². The fourth-order valence-electron chi connectivity index (χ4n) is 4.56. The highest BCUT2D eigenvalue weighted by Gasteiger charge is 2.34. The number of carbonyl (C=O) groups is 1. The largest absolute Gasteiger partial charge is 0.493 e. The summed E-state index contributed by atoms with van der Waals surface area (Å²) in [7, 11) is 3.12. The molecular formula is C30H34N2O7S. The Labute approximate surface area is 236 Å². The lowest BCUT2D eigenvalue weighted by Crippen LogP contribution is -2.40. The van der Waals surface area contributed by atoms with Crippen LogP contribution >= 0.6 is 11.3 Å². The van der Waals surface area contributed by atoms with E-state index in [1.807, 2.05) is 39.0 Å². The first-order valence-electron chi connectivity index (χ1n) is 13.1. The van der Waals surface area contributed by atoms with Gasteiger partial charge in [0.1, 0.15) is 0 Å². The topological polar surface area (TPSA) is 97.6 Å². The predicted molar refractivity (Wildman–Crippen MR) is 153 cm³/mol. The summed E-state index contributed by atoms with van der Waals surface area (Å²) < 4.78 is 30.2.